The SMILES string of the molecule is CC(C)(C)c1cccc(C=Cc2cccc(-c3ccccn3)c2)c1OCc1ccccc1. The smallest absolute Gasteiger partial charge is 0.130 e. The van der Waals surface area contributed by atoms with Crippen molar-refractivity contribution in [3.05, 3.63) is 119 Å². The summed E-state index contributed by atoms with van der Waals surface area (Å²) < 4.78 is 6.40. The number of hydrogen-bond donors (Lipinski definition) is 0. The summed E-state index contributed by atoms with van der Waals surface area (Å²) in [6.45, 7) is 7.22. The van der Waals surface area contributed by atoms with Gasteiger partial charge >= 0.3 is 0 Å². The Hall–Kier alpha value is -3.65. The fourth-order valence-electron chi connectivity index (χ4n) is 3.69. The van der Waals surface area contributed by atoms with Crippen LogP contribution in [0.1, 0.15) is 43.0 Å². The van der Waals surface area contributed by atoms with Crippen molar-refractivity contribution in [1.29, 1.82) is 0 Å². The molecule has 0 aliphatic carbocycles. The molecular weight excluding hydrogens is 390 g/mol. The van der Waals surface area contributed by atoms with E-state index in [1.165, 1.54) is 5.56 Å². The summed E-state index contributed by atoms with van der Waals surface area (Å²) in [5.74, 6) is 0.945. The highest BCUT2D eigenvalue weighted by Gasteiger charge is 2.20. The van der Waals surface area contributed by atoms with E-state index >= 15 is 0 Å². The highest BCUT2D eigenvalue weighted by atomic mass is 16.5. The predicted molar refractivity (Wildman–Crippen MR) is 135 cm³/mol. The Bertz CT molecular complexity index is 1190. The number of rotatable bonds is 6. The molecule has 0 spiro atoms. The second-order valence-corrected chi connectivity index (χ2v) is 8.92. The van der Waals surface area contributed by atoms with Gasteiger partial charge in [-0.25, -0.2) is 0 Å². The van der Waals surface area contributed by atoms with Crippen LogP contribution in [0.2, 0.25) is 0 Å². The third kappa shape index (κ3) is 5.33. The van der Waals surface area contributed by atoms with E-state index in [0.29, 0.717) is 6.61 Å². The van der Waals surface area contributed by atoms with Gasteiger partial charge in [0.2, 0.25) is 0 Å². The van der Waals surface area contributed by atoms with Gasteiger partial charge in [0, 0.05) is 22.9 Å². The molecular formula is C30H29NO. The number of para-hydroxylation sites is 1. The van der Waals surface area contributed by atoms with E-state index in [2.05, 4.69) is 92.5 Å². The van der Waals surface area contributed by atoms with Crippen LogP contribution in [0.3, 0.4) is 0 Å². The van der Waals surface area contributed by atoms with Gasteiger partial charge in [-0.05, 0) is 34.7 Å². The normalized spacial score (nSPS) is 11.6. The van der Waals surface area contributed by atoms with Crippen molar-refractivity contribution >= 4 is 12.2 Å². The molecule has 0 aliphatic rings. The zero-order valence-electron chi connectivity index (χ0n) is 19.0. The van der Waals surface area contributed by atoms with E-state index in [1.54, 1.807) is 0 Å². The van der Waals surface area contributed by atoms with Crippen LogP contribution in [-0.2, 0) is 12.0 Å². The molecule has 0 N–H and O–H groups in total. The topological polar surface area (TPSA) is 22.1 Å². The fourth-order valence-corrected chi connectivity index (χ4v) is 3.69. The first-order chi connectivity index (χ1) is 15.5. The van der Waals surface area contributed by atoms with Gasteiger partial charge < -0.3 is 4.74 Å². The maximum absolute atomic E-state index is 6.40. The summed E-state index contributed by atoms with van der Waals surface area (Å²) in [6.07, 6.45) is 6.11. The molecule has 0 saturated heterocycles. The molecule has 32 heavy (non-hydrogen) atoms. The van der Waals surface area contributed by atoms with Crippen molar-refractivity contribution in [3.63, 3.8) is 0 Å². The first-order valence-corrected chi connectivity index (χ1v) is 11.0. The zero-order valence-corrected chi connectivity index (χ0v) is 19.0. The maximum atomic E-state index is 6.40. The van der Waals surface area contributed by atoms with Gasteiger partial charge in [0.15, 0.2) is 0 Å². The molecule has 2 nitrogen and oxygen atoms in total. The van der Waals surface area contributed by atoms with E-state index in [0.717, 1.165) is 33.7 Å². The van der Waals surface area contributed by atoms with Gasteiger partial charge in [0.25, 0.3) is 0 Å². The number of pyridine rings is 1. The Morgan fingerprint density at radius 2 is 1.56 bits per heavy atom. The van der Waals surface area contributed by atoms with Crippen LogP contribution in [0.25, 0.3) is 23.4 Å². The lowest BCUT2D eigenvalue weighted by Crippen LogP contribution is -2.14. The highest BCUT2D eigenvalue weighted by molar-refractivity contribution is 5.75. The number of benzene rings is 3. The molecule has 0 radical (unpaired) electrons. The van der Waals surface area contributed by atoms with Crippen LogP contribution in [0, 0.1) is 0 Å². The molecule has 0 unspecified atom stereocenters. The van der Waals surface area contributed by atoms with Crippen molar-refractivity contribution < 1.29 is 4.74 Å². The molecule has 160 valence electrons. The predicted octanol–water partition coefficient (Wildman–Crippen LogP) is 7.80. The first-order valence-electron chi connectivity index (χ1n) is 11.0. The molecule has 0 saturated carbocycles. The Morgan fingerprint density at radius 1 is 0.781 bits per heavy atom. The molecule has 3 aromatic carbocycles. The lowest BCUT2D eigenvalue weighted by molar-refractivity contribution is 0.297. The van der Waals surface area contributed by atoms with E-state index in [9.17, 15) is 0 Å². The van der Waals surface area contributed by atoms with Crippen molar-refractivity contribution in [3.8, 4) is 17.0 Å². The van der Waals surface area contributed by atoms with Gasteiger partial charge in [0.05, 0.1) is 5.69 Å². The Kier molecular flexibility index (Phi) is 6.51. The van der Waals surface area contributed by atoms with Gasteiger partial charge in [-0.1, -0.05) is 106 Å². The lowest BCUT2D eigenvalue weighted by atomic mass is 9.85. The molecule has 0 fully saturated rings. The Balaban J connectivity index is 1.65. The Morgan fingerprint density at radius 3 is 2.31 bits per heavy atom. The molecule has 0 aliphatic heterocycles. The number of aromatic nitrogens is 1. The second-order valence-electron chi connectivity index (χ2n) is 8.92. The number of hydrogen-bond acceptors (Lipinski definition) is 2. The van der Waals surface area contributed by atoms with Crippen LogP contribution in [0.15, 0.2) is 97.2 Å². The minimum Gasteiger partial charge on any atom is -0.488 e. The molecule has 4 rings (SSSR count). The van der Waals surface area contributed by atoms with E-state index in [4.69, 9.17) is 4.74 Å². The average Bonchev–Trinajstić information content (AvgIpc) is 2.82. The minimum atomic E-state index is -0.0191. The molecule has 4 aromatic rings. The van der Waals surface area contributed by atoms with Crippen molar-refractivity contribution in [1.82, 2.24) is 4.98 Å². The van der Waals surface area contributed by atoms with E-state index < -0.39 is 0 Å². The highest BCUT2D eigenvalue weighted by Crippen LogP contribution is 2.35. The van der Waals surface area contributed by atoms with Crippen LogP contribution in [0.5, 0.6) is 5.75 Å². The van der Waals surface area contributed by atoms with Crippen LogP contribution >= 0.6 is 0 Å². The van der Waals surface area contributed by atoms with Crippen molar-refractivity contribution in [2.24, 2.45) is 0 Å². The van der Waals surface area contributed by atoms with Gasteiger partial charge in [0.1, 0.15) is 12.4 Å². The fraction of sp³-hybridized carbons (Fsp3) is 0.167. The van der Waals surface area contributed by atoms with Crippen molar-refractivity contribution in [2.75, 3.05) is 0 Å². The monoisotopic (exact) mass is 419 g/mol. The summed E-state index contributed by atoms with van der Waals surface area (Å²) in [4.78, 5) is 4.47. The molecule has 0 amide bonds. The van der Waals surface area contributed by atoms with E-state index in [1.807, 2.05) is 42.6 Å². The largest absolute Gasteiger partial charge is 0.488 e. The number of ether oxygens (including phenoxy) is 1. The van der Waals surface area contributed by atoms with Crippen LogP contribution in [0.4, 0.5) is 0 Å². The minimum absolute atomic E-state index is 0.0191. The van der Waals surface area contributed by atoms with Gasteiger partial charge in [-0.3, -0.25) is 4.98 Å². The summed E-state index contributed by atoms with van der Waals surface area (Å²) >= 11 is 0. The quantitative estimate of drug-likeness (QED) is 0.297. The average molecular weight is 420 g/mol. The molecule has 0 bridgehead atoms. The number of nitrogens with zero attached hydrogens (tertiary/aromatic N) is 1. The van der Waals surface area contributed by atoms with Gasteiger partial charge in [-0.15, -0.1) is 0 Å². The third-order valence-electron chi connectivity index (χ3n) is 5.38. The molecule has 2 heteroatoms. The standard InChI is InChI=1S/C30H29NO/c1-30(2,3)27-16-10-14-25(29(27)32-22-24-11-5-4-6-12-24)19-18-23-13-9-15-26(21-23)28-17-7-8-20-31-28/h4-21H,22H2,1-3H3. The Labute approximate surface area is 191 Å². The summed E-state index contributed by atoms with van der Waals surface area (Å²) in [5, 5.41) is 0. The molecule has 1 aromatic heterocycles. The third-order valence-corrected chi connectivity index (χ3v) is 5.38. The summed E-state index contributed by atoms with van der Waals surface area (Å²) in [7, 11) is 0. The summed E-state index contributed by atoms with van der Waals surface area (Å²) in [6, 6.07) is 31.1. The summed E-state index contributed by atoms with van der Waals surface area (Å²) in [5.41, 5.74) is 6.64. The lowest BCUT2D eigenvalue weighted by Gasteiger charge is -2.24. The zero-order chi connectivity index (χ0) is 22.4. The van der Waals surface area contributed by atoms with Crippen molar-refractivity contribution in [2.45, 2.75) is 32.8 Å². The van der Waals surface area contributed by atoms with Gasteiger partial charge in [-0.2, -0.15) is 0 Å². The van der Waals surface area contributed by atoms with Crippen LogP contribution < -0.4 is 4.74 Å². The molecule has 1 heterocycles. The second kappa shape index (κ2) is 9.65. The maximum Gasteiger partial charge on any atom is 0.130 e. The molecule has 0 atom stereocenters. The first kappa shape index (κ1) is 21.6. The van der Waals surface area contributed by atoms with Crippen LogP contribution in [-0.4, -0.2) is 4.98 Å². The van der Waals surface area contributed by atoms with E-state index in [-0.39, 0.29) is 5.41 Å².